The zero-order valence-corrected chi connectivity index (χ0v) is 15.5. The zero-order chi connectivity index (χ0) is 18.2. The number of halogens is 1. The van der Waals surface area contributed by atoms with Crippen LogP contribution in [0.1, 0.15) is 42.1 Å². The molecular weight excluding hydrogens is 340 g/mol. The number of aryl methyl sites for hydroxylation is 1. The predicted octanol–water partition coefficient (Wildman–Crippen LogP) is 4.11. The molecule has 2 rings (SSSR count). The molecule has 1 amide bonds. The molecule has 0 aliphatic rings. The van der Waals surface area contributed by atoms with Gasteiger partial charge >= 0.3 is 0 Å². The Hall–Kier alpha value is -2.34. The molecule has 2 aromatic rings. The van der Waals surface area contributed by atoms with E-state index >= 15 is 0 Å². The largest absolute Gasteiger partial charge is 0.495 e. The van der Waals surface area contributed by atoms with Crippen LogP contribution in [0.3, 0.4) is 0 Å². The van der Waals surface area contributed by atoms with E-state index in [1.54, 1.807) is 13.2 Å². The molecule has 0 atom stereocenters. The molecule has 2 N–H and O–H groups in total. The number of nitrogens with one attached hydrogen (secondary N) is 2. The maximum atomic E-state index is 12.0. The molecule has 6 nitrogen and oxygen atoms in total. The number of anilines is 2. The first-order chi connectivity index (χ1) is 12.0. The number of methoxy groups -OCH3 is 1. The van der Waals surface area contributed by atoms with E-state index < -0.39 is 0 Å². The summed E-state index contributed by atoms with van der Waals surface area (Å²) >= 11 is 6.10. The highest BCUT2D eigenvalue weighted by atomic mass is 35.5. The Labute approximate surface area is 153 Å². The number of nitrogens with zero attached hydrogens (tertiary/aromatic N) is 2. The Balaban J connectivity index is 2.03. The molecule has 0 aliphatic carbocycles. The van der Waals surface area contributed by atoms with Gasteiger partial charge in [-0.05, 0) is 25.0 Å². The third-order valence-electron chi connectivity index (χ3n) is 3.71. The number of carbonyl (C=O) groups is 1. The van der Waals surface area contributed by atoms with E-state index in [4.69, 9.17) is 16.3 Å². The molecule has 1 aromatic carbocycles. The van der Waals surface area contributed by atoms with E-state index in [1.807, 2.05) is 13.0 Å². The topological polar surface area (TPSA) is 76.1 Å². The summed E-state index contributed by atoms with van der Waals surface area (Å²) in [6, 6.07) is 3.59. The first-order valence-electron chi connectivity index (χ1n) is 8.26. The van der Waals surface area contributed by atoms with E-state index in [0.717, 1.165) is 24.8 Å². The monoisotopic (exact) mass is 362 g/mol. The van der Waals surface area contributed by atoms with Crippen LogP contribution < -0.4 is 15.4 Å². The van der Waals surface area contributed by atoms with Crippen LogP contribution in [-0.2, 0) is 0 Å². The minimum atomic E-state index is -0.164. The number of aromatic nitrogens is 2. The van der Waals surface area contributed by atoms with Gasteiger partial charge in [-0.25, -0.2) is 9.97 Å². The Bertz CT molecular complexity index is 720. The fourth-order valence-corrected chi connectivity index (χ4v) is 2.39. The van der Waals surface area contributed by atoms with Crippen molar-refractivity contribution < 1.29 is 9.53 Å². The third-order valence-corrected chi connectivity index (χ3v) is 4.11. The summed E-state index contributed by atoms with van der Waals surface area (Å²) in [4.78, 5) is 20.4. The van der Waals surface area contributed by atoms with E-state index in [-0.39, 0.29) is 5.91 Å². The summed E-state index contributed by atoms with van der Waals surface area (Å²) in [5, 5.41) is 6.56. The van der Waals surface area contributed by atoms with E-state index in [9.17, 15) is 4.79 Å². The lowest BCUT2D eigenvalue weighted by atomic mass is 10.2. The molecule has 1 aromatic heterocycles. The average Bonchev–Trinajstić information content (AvgIpc) is 2.62. The van der Waals surface area contributed by atoms with Gasteiger partial charge in [0.1, 0.15) is 5.75 Å². The maximum Gasteiger partial charge on any atom is 0.254 e. The van der Waals surface area contributed by atoms with E-state index in [1.165, 1.54) is 12.4 Å². The van der Waals surface area contributed by atoms with Crippen molar-refractivity contribution in [2.45, 2.75) is 33.1 Å². The number of amides is 1. The Kier molecular flexibility index (Phi) is 7.01. The minimum Gasteiger partial charge on any atom is -0.495 e. The maximum absolute atomic E-state index is 12.0. The van der Waals surface area contributed by atoms with Crippen LogP contribution in [0.5, 0.6) is 5.75 Å². The van der Waals surface area contributed by atoms with Crippen LogP contribution in [0.15, 0.2) is 24.5 Å². The second-order valence-corrected chi connectivity index (χ2v) is 6.09. The normalized spacial score (nSPS) is 10.4. The third kappa shape index (κ3) is 5.32. The molecule has 0 radical (unpaired) electrons. The Morgan fingerprint density at radius 1 is 1.24 bits per heavy atom. The van der Waals surface area contributed by atoms with Gasteiger partial charge in [-0.3, -0.25) is 4.79 Å². The van der Waals surface area contributed by atoms with Crippen molar-refractivity contribution in [3.63, 3.8) is 0 Å². The summed E-state index contributed by atoms with van der Waals surface area (Å²) in [6.45, 7) is 4.69. The van der Waals surface area contributed by atoms with Gasteiger partial charge in [-0.2, -0.15) is 0 Å². The van der Waals surface area contributed by atoms with Gasteiger partial charge in [0.05, 0.1) is 18.4 Å². The summed E-state index contributed by atoms with van der Waals surface area (Å²) in [5.41, 5.74) is 2.05. The number of hydrogen-bond acceptors (Lipinski definition) is 5. The van der Waals surface area contributed by atoms with E-state index in [2.05, 4.69) is 27.5 Å². The highest BCUT2D eigenvalue weighted by molar-refractivity contribution is 6.31. The smallest absolute Gasteiger partial charge is 0.254 e. The minimum absolute atomic E-state index is 0.164. The fourth-order valence-electron chi connectivity index (χ4n) is 2.24. The number of ether oxygens (including phenoxy) is 1. The highest BCUT2D eigenvalue weighted by Gasteiger charge is 2.10. The van der Waals surface area contributed by atoms with Crippen molar-refractivity contribution in [1.82, 2.24) is 15.3 Å². The Morgan fingerprint density at radius 2 is 1.96 bits per heavy atom. The second-order valence-electron chi connectivity index (χ2n) is 5.69. The van der Waals surface area contributed by atoms with Gasteiger partial charge in [-0.15, -0.1) is 0 Å². The second kappa shape index (κ2) is 9.22. The number of unbranched alkanes of at least 4 members (excludes halogenated alkanes) is 2. The molecule has 134 valence electrons. The summed E-state index contributed by atoms with van der Waals surface area (Å²) in [5.74, 6) is 0.807. The number of carbonyl (C=O) groups excluding carboxylic acids is 1. The molecule has 7 heteroatoms. The van der Waals surface area contributed by atoms with Crippen LogP contribution in [-0.4, -0.2) is 29.5 Å². The van der Waals surface area contributed by atoms with Crippen LogP contribution in [0.25, 0.3) is 0 Å². The Morgan fingerprint density at radius 3 is 2.60 bits per heavy atom. The molecule has 0 aliphatic heterocycles. The molecule has 0 unspecified atom stereocenters. The van der Waals surface area contributed by atoms with Crippen molar-refractivity contribution in [3.8, 4) is 5.75 Å². The summed E-state index contributed by atoms with van der Waals surface area (Å²) < 4.78 is 5.31. The van der Waals surface area contributed by atoms with E-state index in [0.29, 0.717) is 34.5 Å². The standard InChI is InChI=1S/C18H23ClN4O2/c1-4-5-6-7-20-17(24)13-10-21-18(22-11-13)23-15-8-12(2)14(19)9-16(15)25-3/h8-11H,4-7H2,1-3H3,(H,20,24)(H,21,22,23). The van der Waals surface area contributed by atoms with Gasteiger partial charge in [0.2, 0.25) is 5.95 Å². The fraction of sp³-hybridized carbons (Fsp3) is 0.389. The van der Waals surface area contributed by atoms with Crippen molar-refractivity contribution in [2.75, 3.05) is 19.0 Å². The number of hydrogen-bond donors (Lipinski definition) is 2. The van der Waals surface area contributed by atoms with Crippen LogP contribution in [0.4, 0.5) is 11.6 Å². The average molecular weight is 363 g/mol. The van der Waals surface area contributed by atoms with Gasteiger partial charge in [0, 0.05) is 30.0 Å². The quantitative estimate of drug-likeness (QED) is 0.691. The lowest BCUT2D eigenvalue weighted by Gasteiger charge is -2.12. The van der Waals surface area contributed by atoms with Crippen molar-refractivity contribution in [1.29, 1.82) is 0 Å². The molecular formula is C18H23ClN4O2. The van der Waals surface area contributed by atoms with Crippen molar-refractivity contribution >= 4 is 29.1 Å². The van der Waals surface area contributed by atoms with Gasteiger partial charge in [0.25, 0.3) is 5.91 Å². The SMILES string of the molecule is CCCCCNC(=O)c1cnc(Nc2cc(C)c(Cl)cc2OC)nc1. The predicted molar refractivity (Wildman–Crippen MR) is 99.9 cm³/mol. The van der Waals surface area contributed by atoms with Crippen LogP contribution >= 0.6 is 11.6 Å². The molecule has 1 heterocycles. The first-order valence-corrected chi connectivity index (χ1v) is 8.64. The van der Waals surface area contributed by atoms with Crippen LogP contribution in [0, 0.1) is 6.92 Å². The summed E-state index contributed by atoms with van der Waals surface area (Å²) in [6.07, 6.45) is 6.19. The first kappa shape index (κ1) is 19.0. The van der Waals surface area contributed by atoms with Crippen molar-refractivity contribution in [3.05, 3.63) is 40.7 Å². The van der Waals surface area contributed by atoms with Gasteiger partial charge < -0.3 is 15.4 Å². The summed E-state index contributed by atoms with van der Waals surface area (Å²) in [7, 11) is 1.57. The lowest BCUT2D eigenvalue weighted by molar-refractivity contribution is 0.0952. The van der Waals surface area contributed by atoms with Gasteiger partial charge in [-0.1, -0.05) is 31.4 Å². The highest BCUT2D eigenvalue weighted by Crippen LogP contribution is 2.32. The number of rotatable bonds is 8. The lowest BCUT2D eigenvalue weighted by Crippen LogP contribution is -2.24. The molecule has 0 spiro atoms. The van der Waals surface area contributed by atoms with Gasteiger partial charge in [0.15, 0.2) is 0 Å². The number of benzene rings is 1. The molecule has 0 saturated heterocycles. The molecule has 0 bridgehead atoms. The molecule has 0 saturated carbocycles. The zero-order valence-electron chi connectivity index (χ0n) is 14.7. The molecule has 25 heavy (non-hydrogen) atoms. The van der Waals surface area contributed by atoms with Crippen LogP contribution in [0.2, 0.25) is 5.02 Å². The molecule has 0 fully saturated rings. The van der Waals surface area contributed by atoms with Crippen molar-refractivity contribution in [2.24, 2.45) is 0 Å².